The Balaban J connectivity index is 1.51. The summed E-state index contributed by atoms with van der Waals surface area (Å²) in [5, 5.41) is 6.60. The fourth-order valence-electron chi connectivity index (χ4n) is 3.28. The third kappa shape index (κ3) is 5.45. The molecule has 0 amide bonds. The van der Waals surface area contributed by atoms with Crippen molar-refractivity contribution in [3.05, 3.63) is 65.5 Å². The van der Waals surface area contributed by atoms with Crippen molar-refractivity contribution in [2.45, 2.75) is 19.4 Å². The number of hydrogen-bond donors (Lipinski definition) is 2. The Kier molecular flexibility index (Phi) is 7.25. The predicted octanol–water partition coefficient (Wildman–Crippen LogP) is 3.13. The molecule has 0 aromatic heterocycles. The molecule has 150 valence electrons. The van der Waals surface area contributed by atoms with Gasteiger partial charge in [0.1, 0.15) is 5.82 Å². The van der Waals surface area contributed by atoms with E-state index in [2.05, 4.69) is 34.7 Å². The molecule has 0 aliphatic carbocycles. The van der Waals surface area contributed by atoms with E-state index in [1.807, 2.05) is 35.2 Å². The molecule has 1 saturated heterocycles. The number of ether oxygens (including phenoxy) is 1. The second kappa shape index (κ2) is 10.1. The molecule has 3 rings (SSSR count). The van der Waals surface area contributed by atoms with Gasteiger partial charge in [0.25, 0.3) is 0 Å². The van der Waals surface area contributed by atoms with Crippen LogP contribution < -0.4 is 15.5 Å². The van der Waals surface area contributed by atoms with Crippen LogP contribution >= 0.6 is 0 Å². The minimum Gasteiger partial charge on any atom is -0.378 e. The van der Waals surface area contributed by atoms with Gasteiger partial charge in [-0.3, -0.25) is 4.99 Å². The van der Waals surface area contributed by atoms with Gasteiger partial charge in [-0.15, -0.1) is 0 Å². The molecule has 1 aliphatic rings. The van der Waals surface area contributed by atoms with Crippen LogP contribution in [0.15, 0.2) is 53.5 Å². The fourth-order valence-corrected chi connectivity index (χ4v) is 3.28. The van der Waals surface area contributed by atoms with Crippen LogP contribution in [0.25, 0.3) is 0 Å². The Morgan fingerprint density at radius 1 is 1.14 bits per heavy atom. The maximum atomic E-state index is 14.5. The Labute approximate surface area is 166 Å². The maximum absolute atomic E-state index is 14.5. The lowest BCUT2D eigenvalue weighted by atomic mass is 10.0. The fraction of sp³-hybridized carbons (Fsp3) is 0.409. The summed E-state index contributed by atoms with van der Waals surface area (Å²) >= 11 is 0. The molecule has 6 heteroatoms. The van der Waals surface area contributed by atoms with E-state index in [1.54, 1.807) is 13.1 Å². The lowest BCUT2D eigenvalue weighted by Gasteiger charge is -2.29. The van der Waals surface area contributed by atoms with Gasteiger partial charge in [0.2, 0.25) is 0 Å². The first-order chi connectivity index (χ1) is 13.7. The normalized spacial score (nSPS) is 16.0. The first kappa shape index (κ1) is 20.1. The smallest absolute Gasteiger partial charge is 0.191 e. The molecular weight excluding hydrogens is 355 g/mol. The van der Waals surface area contributed by atoms with Crippen molar-refractivity contribution in [3.8, 4) is 0 Å². The average Bonchev–Trinajstić information content (AvgIpc) is 2.75. The van der Waals surface area contributed by atoms with Gasteiger partial charge in [0.05, 0.1) is 18.9 Å². The van der Waals surface area contributed by atoms with E-state index in [4.69, 9.17) is 4.74 Å². The Morgan fingerprint density at radius 2 is 1.89 bits per heavy atom. The summed E-state index contributed by atoms with van der Waals surface area (Å²) < 4.78 is 19.9. The molecule has 1 fully saturated rings. The highest BCUT2D eigenvalue weighted by Gasteiger charge is 2.15. The van der Waals surface area contributed by atoms with E-state index in [9.17, 15) is 4.39 Å². The summed E-state index contributed by atoms with van der Waals surface area (Å²) in [4.78, 5) is 6.29. The first-order valence-electron chi connectivity index (χ1n) is 9.78. The summed E-state index contributed by atoms with van der Waals surface area (Å²) in [6.45, 7) is 6.21. The summed E-state index contributed by atoms with van der Waals surface area (Å²) in [6.07, 6.45) is 0. The molecule has 2 aromatic rings. The molecule has 2 aromatic carbocycles. The topological polar surface area (TPSA) is 48.9 Å². The maximum Gasteiger partial charge on any atom is 0.191 e. The van der Waals surface area contributed by atoms with Crippen molar-refractivity contribution in [3.63, 3.8) is 0 Å². The van der Waals surface area contributed by atoms with Crippen LogP contribution in [-0.2, 0) is 11.3 Å². The molecule has 1 heterocycles. The summed E-state index contributed by atoms with van der Waals surface area (Å²) in [5.74, 6) is 0.882. The van der Waals surface area contributed by atoms with Gasteiger partial charge in [-0.05, 0) is 29.2 Å². The molecule has 2 N–H and O–H groups in total. The van der Waals surface area contributed by atoms with Crippen LogP contribution in [0.3, 0.4) is 0 Å². The van der Waals surface area contributed by atoms with Gasteiger partial charge in [-0.1, -0.05) is 43.3 Å². The molecule has 0 bridgehead atoms. The largest absolute Gasteiger partial charge is 0.378 e. The van der Waals surface area contributed by atoms with Crippen molar-refractivity contribution < 1.29 is 9.13 Å². The van der Waals surface area contributed by atoms with Gasteiger partial charge in [-0.2, -0.15) is 0 Å². The van der Waals surface area contributed by atoms with Gasteiger partial charge < -0.3 is 20.3 Å². The number of nitrogens with one attached hydrogen (secondary N) is 2. The number of benzene rings is 2. The summed E-state index contributed by atoms with van der Waals surface area (Å²) in [5.41, 5.74) is 2.81. The molecule has 0 saturated carbocycles. The number of halogens is 1. The highest BCUT2D eigenvalue weighted by molar-refractivity contribution is 5.79. The van der Waals surface area contributed by atoms with E-state index in [1.165, 1.54) is 5.56 Å². The number of anilines is 1. The zero-order valence-corrected chi connectivity index (χ0v) is 16.6. The van der Waals surface area contributed by atoms with Crippen LogP contribution in [-0.4, -0.2) is 45.9 Å². The van der Waals surface area contributed by atoms with Crippen LogP contribution in [0.5, 0.6) is 0 Å². The van der Waals surface area contributed by atoms with E-state index in [0.717, 1.165) is 25.2 Å². The van der Waals surface area contributed by atoms with E-state index in [0.29, 0.717) is 37.3 Å². The molecule has 5 nitrogen and oxygen atoms in total. The SMILES string of the molecule is CN=C(NCc1ccc(N2CCOCC2)c(F)c1)NCC(C)c1ccccc1. The zero-order valence-electron chi connectivity index (χ0n) is 16.6. The number of aliphatic imine (C=N–C) groups is 1. The molecule has 1 atom stereocenters. The summed E-state index contributed by atoms with van der Waals surface area (Å²) in [7, 11) is 1.74. The lowest BCUT2D eigenvalue weighted by molar-refractivity contribution is 0.122. The summed E-state index contributed by atoms with van der Waals surface area (Å²) in [6, 6.07) is 15.8. The highest BCUT2D eigenvalue weighted by Crippen LogP contribution is 2.21. The van der Waals surface area contributed by atoms with Crippen molar-refractivity contribution in [1.82, 2.24) is 10.6 Å². The number of rotatable bonds is 6. The number of guanidine groups is 1. The Morgan fingerprint density at radius 3 is 2.57 bits per heavy atom. The minimum atomic E-state index is -0.193. The standard InChI is InChI=1S/C22H29FN4O/c1-17(19-6-4-3-5-7-19)15-25-22(24-2)26-16-18-8-9-21(20(23)14-18)27-10-12-28-13-11-27/h3-9,14,17H,10-13,15-16H2,1-2H3,(H2,24,25,26). The number of hydrogen-bond acceptors (Lipinski definition) is 3. The third-order valence-corrected chi connectivity index (χ3v) is 4.99. The van der Waals surface area contributed by atoms with Crippen molar-refractivity contribution in [2.75, 3.05) is 44.8 Å². The predicted molar refractivity (Wildman–Crippen MR) is 112 cm³/mol. The Hall–Kier alpha value is -2.60. The first-order valence-corrected chi connectivity index (χ1v) is 9.78. The van der Waals surface area contributed by atoms with Crippen molar-refractivity contribution in [2.24, 2.45) is 4.99 Å². The molecular formula is C22H29FN4O. The third-order valence-electron chi connectivity index (χ3n) is 4.99. The van der Waals surface area contributed by atoms with E-state index >= 15 is 0 Å². The van der Waals surface area contributed by atoms with Gasteiger partial charge in [0, 0.05) is 33.2 Å². The van der Waals surface area contributed by atoms with E-state index in [-0.39, 0.29) is 5.82 Å². The average molecular weight is 384 g/mol. The second-order valence-electron chi connectivity index (χ2n) is 7.00. The zero-order chi connectivity index (χ0) is 19.8. The van der Waals surface area contributed by atoms with Crippen LogP contribution in [0.1, 0.15) is 24.0 Å². The second-order valence-corrected chi connectivity index (χ2v) is 7.00. The minimum absolute atomic E-state index is 0.193. The van der Waals surface area contributed by atoms with E-state index < -0.39 is 0 Å². The van der Waals surface area contributed by atoms with Crippen molar-refractivity contribution in [1.29, 1.82) is 0 Å². The Bertz CT molecular complexity index is 775. The quantitative estimate of drug-likeness (QED) is 0.593. The molecule has 1 aliphatic heterocycles. The number of morpholine rings is 1. The molecule has 28 heavy (non-hydrogen) atoms. The molecule has 0 radical (unpaired) electrons. The molecule has 0 spiro atoms. The van der Waals surface area contributed by atoms with Gasteiger partial charge >= 0.3 is 0 Å². The monoisotopic (exact) mass is 384 g/mol. The van der Waals surface area contributed by atoms with Crippen LogP contribution in [0.4, 0.5) is 10.1 Å². The highest BCUT2D eigenvalue weighted by atomic mass is 19.1. The number of nitrogens with zero attached hydrogens (tertiary/aromatic N) is 2. The van der Waals surface area contributed by atoms with Gasteiger partial charge in [0.15, 0.2) is 5.96 Å². The lowest BCUT2D eigenvalue weighted by Crippen LogP contribution is -2.38. The van der Waals surface area contributed by atoms with Crippen LogP contribution in [0, 0.1) is 5.82 Å². The van der Waals surface area contributed by atoms with Crippen molar-refractivity contribution >= 4 is 11.6 Å². The van der Waals surface area contributed by atoms with Crippen LogP contribution in [0.2, 0.25) is 0 Å². The van der Waals surface area contributed by atoms with Gasteiger partial charge in [-0.25, -0.2) is 4.39 Å². The molecule has 1 unspecified atom stereocenters.